The van der Waals surface area contributed by atoms with Crippen molar-refractivity contribution >= 4 is 28.8 Å². The second-order valence-electron chi connectivity index (χ2n) is 4.98. The largest absolute Gasteiger partial charge is 0.384 e. The van der Waals surface area contributed by atoms with E-state index in [-0.39, 0.29) is 5.84 Å². The first-order chi connectivity index (χ1) is 9.38. The molecule has 0 radical (unpaired) electrons. The summed E-state index contributed by atoms with van der Waals surface area (Å²) in [5.74, 6) is 0.0351. The molecule has 2 rings (SSSR count). The second kappa shape index (κ2) is 5.55. The lowest BCUT2D eigenvalue weighted by Crippen LogP contribution is -2.18. The van der Waals surface area contributed by atoms with Gasteiger partial charge in [-0.3, -0.25) is 5.41 Å². The Hall–Kier alpha value is -2.00. The number of nitrogens with zero attached hydrogens (tertiary/aromatic N) is 1. The fourth-order valence-electron chi connectivity index (χ4n) is 2.29. The molecule has 104 valence electrons. The Balaban J connectivity index is 2.54. The molecule has 2 aromatic rings. The highest BCUT2D eigenvalue weighted by molar-refractivity contribution is 6.31. The summed E-state index contributed by atoms with van der Waals surface area (Å²) in [5.41, 5.74) is 10.6. The molecule has 0 aliphatic carbocycles. The highest BCUT2D eigenvalue weighted by atomic mass is 35.5. The molecule has 3 nitrogen and oxygen atoms in total. The van der Waals surface area contributed by atoms with Gasteiger partial charge in [0.25, 0.3) is 0 Å². The number of hydrogen-bond acceptors (Lipinski definition) is 2. The van der Waals surface area contributed by atoms with Gasteiger partial charge in [-0.1, -0.05) is 17.7 Å². The maximum atomic E-state index is 7.70. The number of anilines is 2. The van der Waals surface area contributed by atoms with Crippen molar-refractivity contribution in [2.24, 2.45) is 5.73 Å². The molecule has 2 aromatic carbocycles. The average molecular weight is 288 g/mol. The summed E-state index contributed by atoms with van der Waals surface area (Å²) in [7, 11) is 1.95. The molecule has 20 heavy (non-hydrogen) atoms. The van der Waals surface area contributed by atoms with Crippen LogP contribution in [0.5, 0.6) is 0 Å². The topological polar surface area (TPSA) is 53.1 Å². The van der Waals surface area contributed by atoms with E-state index >= 15 is 0 Å². The van der Waals surface area contributed by atoms with E-state index in [2.05, 4.69) is 32.0 Å². The number of rotatable bonds is 3. The lowest BCUT2D eigenvalue weighted by molar-refractivity contribution is 1.18. The molecular formula is C16H18ClN3. The molecule has 3 N–H and O–H groups in total. The molecule has 0 fully saturated rings. The highest BCUT2D eigenvalue weighted by Gasteiger charge is 2.12. The zero-order chi connectivity index (χ0) is 14.9. The monoisotopic (exact) mass is 287 g/mol. The van der Waals surface area contributed by atoms with Crippen molar-refractivity contribution in [2.75, 3.05) is 11.9 Å². The van der Waals surface area contributed by atoms with Gasteiger partial charge in [0.1, 0.15) is 5.84 Å². The molecule has 0 saturated heterocycles. The van der Waals surface area contributed by atoms with E-state index in [9.17, 15) is 0 Å². The number of hydrogen-bond donors (Lipinski definition) is 2. The van der Waals surface area contributed by atoms with Crippen molar-refractivity contribution in [1.82, 2.24) is 0 Å². The Morgan fingerprint density at radius 1 is 1.10 bits per heavy atom. The number of aryl methyl sites for hydroxylation is 2. The van der Waals surface area contributed by atoms with E-state index in [0.29, 0.717) is 10.6 Å². The van der Waals surface area contributed by atoms with Crippen molar-refractivity contribution in [3.05, 3.63) is 58.1 Å². The van der Waals surface area contributed by atoms with Crippen molar-refractivity contribution in [3.63, 3.8) is 0 Å². The van der Waals surface area contributed by atoms with Crippen LogP contribution in [-0.4, -0.2) is 12.9 Å². The lowest BCUT2D eigenvalue weighted by atomic mass is 10.1. The van der Waals surface area contributed by atoms with Crippen LogP contribution in [0.2, 0.25) is 5.02 Å². The van der Waals surface area contributed by atoms with Gasteiger partial charge < -0.3 is 10.6 Å². The minimum absolute atomic E-state index is 0.0351. The third-order valence-corrected chi connectivity index (χ3v) is 3.44. The molecule has 0 aromatic heterocycles. The molecule has 0 bridgehead atoms. The SMILES string of the molecule is Cc1cc(C)cc(N(C)c2cc(Cl)ccc2C(=N)N)c1. The second-order valence-corrected chi connectivity index (χ2v) is 5.42. The molecule has 0 saturated carbocycles. The molecule has 0 amide bonds. The maximum Gasteiger partial charge on any atom is 0.124 e. The zero-order valence-electron chi connectivity index (χ0n) is 11.9. The van der Waals surface area contributed by atoms with E-state index < -0.39 is 0 Å². The summed E-state index contributed by atoms with van der Waals surface area (Å²) in [6.45, 7) is 4.13. The standard InChI is InChI=1S/C16H18ClN3/c1-10-6-11(2)8-13(7-10)20(3)15-9-12(17)4-5-14(15)16(18)19/h4-9H,1-3H3,(H3,18,19). The van der Waals surface area contributed by atoms with Crippen LogP contribution < -0.4 is 10.6 Å². The van der Waals surface area contributed by atoms with E-state index in [1.54, 1.807) is 12.1 Å². The zero-order valence-corrected chi connectivity index (χ0v) is 12.6. The fraction of sp³-hybridized carbons (Fsp3) is 0.188. The Morgan fingerprint density at radius 3 is 2.25 bits per heavy atom. The number of amidine groups is 1. The predicted molar refractivity (Wildman–Crippen MR) is 86.4 cm³/mol. The summed E-state index contributed by atoms with van der Waals surface area (Å²) in [6, 6.07) is 11.7. The van der Waals surface area contributed by atoms with E-state index in [4.69, 9.17) is 22.7 Å². The molecule has 0 unspecified atom stereocenters. The molecule has 0 spiro atoms. The average Bonchev–Trinajstić information content (AvgIpc) is 2.36. The summed E-state index contributed by atoms with van der Waals surface area (Å²) >= 11 is 6.08. The molecule has 4 heteroatoms. The van der Waals surface area contributed by atoms with Gasteiger partial charge in [0.15, 0.2) is 0 Å². The summed E-state index contributed by atoms with van der Waals surface area (Å²) in [6.07, 6.45) is 0. The van der Waals surface area contributed by atoms with Gasteiger partial charge in [-0.2, -0.15) is 0 Å². The Labute approximate surface area is 124 Å². The molecule has 0 atom stereocenters. The first kappa shape index (κ1) is 14.4. The van der Waals surface area contributed by atoms with Gasteiger partial charge in [0.2, 0.25) is 0 Å². The minimum atomic E-state index is 0.0351. The van der Waals surface area contributed by atoms with E-state index in [1.807, 2.05) is 18.0 Å². The van der Waals surface area contributed by atoms with Gasteiger partial charge in [-0.25, -0.2) is 0 Å². The van der Waals surface area contributed by atoms with Crippen LogP contribution in [0, 0.1) is 19.3 Å². The highest BCUT2D eigenvalue weighted by Crippen LogP contribution is 2.30. The Morgan fingerprint density at radius 2 is 1.70 bits per heavy atom. The number of nitrogens with two attached hydrogens (primary N) is 1. The van der Waals surface area contributed by atoms with Crippen LogP contribution in [0.1, 0.15) is 16.7 Å². The Bertz CT molecular complexity index is 645. The number of nitrogen functional groups attached to an aromatic ring is 1. The molecule has 0 aliphatic heterocycles. The Kier molecular flexibility index (Phi) is 4.00. The summed E-state index contributed by atoms with van der Waals surface area (Å²) in [4.78, 5) is 2.00. The minimum Gasteiger partial charge on any atom is -0.384 e. The quantitative estimate of drug-likeness (QED) is 0.662. The van der Waals surface area contributed by atoms with E-state index in [1.165, 1.54) is 11.1 Å². The van der Waals surface area contributed by atoms with Gasteiger partial charge in [0.05, 0.1) is 5.69 Å². The number of nitrogens with one attached hydrogen (secondary N) is 1. The predicted octanol–water partition coefficient (Wildman–Crippen LogP) is 4.01. The van der Waals surface area contributed by atoms with Gasteiger partial charge in [-0.15, -0.1) is 0 Å². The number of halogens is 1. The maximum absolute atomic E-state index is 7.70. The van der Waals surface area contributed by atoms with E-state index in [0.717, 1.165) is 11.4 Å². The van der Waals surface area contributed by atoms with Crippen LogP contribution in [0.3, 0.4) is 0 Å². The third-order valence-electron chi connectivity index (χ3n) is 3.21. The van der Waals surface area contributed by atoms with Gasteiger partial charge in [-0.05, 0) is 55.3 Å². The summed E-state index contributed by atoms with van der Waals surface area (Å²) in [5, 5.41) is 8.32. The van der Waals surface area contributed by atoms with Crippen LogP contribution in [0.15, 0.2) is 36.4 Å². The van der Waals surface area contributed by atoms with Crippen LogP contribution >= 0.6 is 11.6 Å². The van der Waals surface area contributed by atoms with Crippen LogP contribution in [0.4, 0.5) is 11.4 Å². The first-order valence-electron chi connectivity index (χ1n) is 6.34. The van der Waals surface area contributed by atoms with Crippen molar-refractivity contribution in [3.8, 4) is 0 Å². The van der Waals surface area contributed by atoms with Gasteiger partial charge in [0, 0.05) is 23.3 Å². The van der Waals surface area contributed by atoms with Gasteiger partial charge >= 0.3 is 0 Å². The van der Waals surface area contributed by atoms with Crippen molar-refractivity contribution < 1.29 is 0 Å². The summed E-state index contributed by atoms with van der Waals surface area (Å²) < 4.78 is 0. The smallest absolute Gasteiger partial charge is 0.124 e. The molecule has 0 aliphatic rings. The normalized spacial score (nSPS) is 10.4. The third kappa shape index (κ3) is 2.94. The van der Waals surface area contributed by atoms with Crippen molar-refractivity contribution in [2.45, 2.75) is 13.8 Å². The molecule has 0 heterocycles. The first-order valence-corrected chi connectivity index (χ1v) is 6.72. The van der Waals surface area contributed by atoms with Crippen LogP contribution in [0.25, 0.3) is 0 Å². The molecular weight excluding hydrogens is 270 g/mol. The lowest BCUT2D eigenvalue weighted by Gasteiger charge is -2.23. The fourth-order valence-corrected chi connectivity index (χ4v) is 2.46. The van der Waals surface area contributed by atoms with Crippen molar-refractivity contribution in [1.29, 1.82) is 5.41 Å². The van der Waals surface area contributed by atoms with Crippen LogP contribution in [-0.2, 0) is 0 Å². The number of benzene rings is 2.